The Morgan fingerprint density at radius 2 is 1.40 bits per heavy atom. The maximum Gasteiger partial charge on any atom is 0.335 e. The number of nitrogens with one attached hydrogen (secondary N) is 1. The molecule has 0 atom stereocenters. The molecule has 0 spiro atoms. The number of nitrogens with zero attached hydrogens (tertiary/aromatic N) is 1. The molecule has 0 bridgehead atoms. The van der Waals surface area contributed by atoms with Crippen molar-refractivity contribution < 1.29 is 28.6 Å². The van der Waals surface area contributed by atoms with Gasteiger partial charge in [0.05, 0.1) is 12.3 Å². The average Bonchev–Trinajstić information content (AvgIpc) is 3.00. The van der Waals surface area contributed by atoms with Gasteiger partial charge in [0.15, 0.2) is 11.5 Å². The number of benzene rings is 4. The van der Waals surface area contributed by atoms with E-state index in [0.717, 1.165) is 25.0 Å². The highest BCUT2D eigenvalue weighted by atomic mass is 79.9. The molecule has 1 saturated heterocycles. The molecule has 8 nitrogen and oxygen atoms in total. The summed E-state index contributed by atoms with van der Waals surface area (Å²) in [6.07, 6.45) is 1.42. The van der Waals surface area contributed by atoms with E-state index in [1.807, 2.05) is 55.5 Å². The molecular weight excluding hydrogens is 680 g/mol. The summed E-state index contributed by atoms with van der Waals surface area (Å²) >= 11 is 6.79. The number of hydrogen-bond acceptors (Lipinski definition) is 6. The summed E-state index contributed by atoms with van der Waals surface area (Å²) < 4.78 is 19.5. The molecule has 0 unspecified atom stereocenters. The normalized spacial score (nSPS) is 14.1. The number of rotatable bonds is 10. The summed E-state index contributed by atoms with van der Waals surface area (Å²) in [4.78, 5) is 39.6. The average molecular weight is 706 g/mol. The number of ether oxygens (including phenoxy) is 3. The minimum absolute atomic E-state index is 0.181. The minimum Gasteiger partial charge on any atom is -0.490 e. The number of urea groups is 1. The molecule has 0 aliphatic carbocycles. The van der Waals surface area contributed by atoms with E-state index in [0.29, 0.717) is 41.7 Å². The first-order chi connectivity index (χ1) is 20.8. The van der Waals surface area contributed by atoms with E-state index in [9.17, 15) is 14.4 Å². The van der Waals surface area contributed by atoms with Gasteiger partial charge in [0, 0.05) is 14.5 Å². The fraction of sp³-hybridized carbons (Fsp3) is 0.121. The maximum absolute atomic E-state index is 13.4. The second kappa shape index (κ2) is 13.7. The van der Waals surface area contributed by atoms with Crippen LogP contribution in [0.15, 0.2) is 106 Å². The van der Waals surface area contributed by atoms with Gasteiger partial charge < -0.3 is 14.2 Å². The second-order valence-electron chi connectivity index (χ2n) is 9.39. The Kier molecular flexibility index (Phi) is 9.58. The van der Waals surface area contributed by atoms with Crippen LogP contribution in [0.4, 0.5) is 10.5 Å². The third-order valence-electron chi connectivity index (χ3n) is 6.40. The lowest BCUT2D eigenvalue weighted by molar-refractivity contribution is -0.122. The molecule has 0 saturated carbocycles. The van der Waals surface area contributed by atoms with Crippen molar-refractivity contribution in [2.24, 2.45) is 0 Å². The number of carbonyl (C=O) groups is 3. The number of barbiturate groups is 1. The molecule has 1 N–H and O–H groups in total. The van der Waals surface area contributed by atoms with Gasteiger partial charge in [0.25, 0.3) is 11.8 Å². The molecule has 43 heavy (non-hydrogen) atoms. The number of hydrogen-bond donors (Lipinski definition) is 1. The summed E-state index contributed by atoms with van der Waals surface area (Å²) in [5, 5.41) is 2.25. The largest absolute Gasteiger partial charge is 0.490 e. The third-order valence-corrected chi connectivity index (χ3v) is 7.42. The van der Waals surface area contributed by atoms with Gasteiger partial charge in [-0.2, -0.15) is 0 Å². The first-order valence-electron chi connectivity index (χ1n) is 13.3. The van der Waals surface area contributed by atoms with Crippen LogP contribution in [0.3, 0.4) is 0 Å². The number of carbonyl (C=O) groups excluding carboxylic acids is 3. The Morgan fingerprint density at radius 1 is 0.721 bits per heavy atom. The lowest BCUT2D eigenvalue weighted by Gasteiger charge is -2.26. The van der Waals surface area contributed by atoms with Crippen LogP contribution >= 0.6 is 31.9 Å². The third kappa shape index (κ3) is 7.33. The summed E-state index contributed by atoms with van der Waals surface area (Å²) in [6, 6.07) is 26.5. The van der Waals surface area contributed by atoms with Crippen molar-refractivity contribution in [3.8, 4) is 17.2 Å². The fourth-order valence-electron chi connectivity index (χ4n) is 4.33. The lowest BCUT2D eigenvalue weighted by Crippen LogP contribution is -2.54. The summed E-state index contributed by atoms with van der Waals surface area (Å²) in [7, 11) is 0. The van der Waals surface area contributed by atoms with E-state index < -0.39 is 17.8 Å². The summed E-state index contributed by atoms with van der Waals surface area (Å²) in [6.45, 7) is 2.96. The predicted octanol–water partition coefficient (Wildman–Crippen LogP) is 7.43. The Labute approximate surface area is 265 Å². The molecule has 1 fully saturated rings. The van der Waals surface area contributed by atoms with Crippen LogP contribution in [-0.2, 0) is 22.8 Å². The monoisotopic (exact) mass is 704 g/mol. The maximum atomic E-state index is 13.4. The minimum atomic E-state index is -0.818. The van der Waals surface area contributed by atoms with E-state index in [4.69, 9.17) is 14.2 Å². The highest BCUT2D eigenvalue weighted by molar-refractivity contribution is 9.10. The SMILES string of the molecule is CCOc1cc(COc2ccc(Br)cc2/C=C2\C(=O)NC(=O)N(c3ccc(Br)cc3)C2=O)ccc1OCc1ccccc1. The van der Waals surface area contributed by atoms with Crippen LogP contribution in [0.1, 0.15) is 23.6 Å². The lowest BCUT2D eigenvalue weighted by atomic mass is 10.1. The highest BCUT2D eigenvalue weighted by Gasteiger charge is 2.37. The van der Waals surface area contributed by atoms with Crippen LogP contribution in [0.25, 0.3) is 6.08 Å². The molecular formula is C33H26Br2N2O6. The Bertz CT molecular complexity index is 1690. The van der Waals surface area contributed by atoms with E-state index in [2.05, 4.69) is 37.2 Å². The van der Waals surface area contributed by atoms with Crippen molar-refractivity contribution in [1.82, 2.24) is 5.32 Å². The van der Waals surface area contributed by atoms with Crippen LogP contribution in [-0.4, -0.2) is 24.5 Å². The quantitative estimate of drug-likeness (QED) is 0.136. The van der Waals surface area contributed by atoms with Crippen molar-refractivity contribution in [3.05, 3.63) is 122 Å². The van der Waals surface area contributed by atoms with E-state index >= 15 is 0 Å². The van der Waals surface area contributed by atoms with Gasteiger partial charge in [-0.15, -0.1) is 0 Å². The molecule has 10 heteroatoms. The molecule has 4 aromatic rings. The van der Waals surface area contributed by atoms with Gasteiger partial charge in [-0.05, 0) is 78.7 Å². The first kappa shape index (κ1) is 30.1. The fourth-order valence-corrected chi connectivity index (χ4v) is 4.97. The molecule has 4 amide bonds. The molecule has 0 aromatic heterocycles. The Balaban J connectivity index is 1.36. The molecule has 218 valence electrons. The van der Waals surface area contributed by atoms with E-state index in [1.165, 1.54) is 6.08 Å². The second-order valence-corrected chi connectivity index (χ2v) is 11.2. The topological polar surface area (TPSA) is 94.2 Å². The van der Waals surface area contributed by atoms with Crippen molar-refractivity contribution >= 4 is 61.5 Å². The number of halogens is 2. The standard InChI is InChI=1S/C33H26Br2N2O6/c1-2-41-30-16-22(8-14-29(30)43-19-21-6-4-3-5-7-21)20-42-28-15-11-25(35)17-23(28)18-27-31(38)36-33(40)37(32(27)39)26-12-9-24(34)10-13-26/h3-18H,2,19-20H2,1H3,(H,36,38,40)/b27-18+. The van der Waals surface area contributed by atoms with E-state index in [-0.39, 0.29) is 12.2 Å². The summed E-state index contributed by atoms with van der Waals surface area (Å²) in [5.74, 6) is 0.122. The molecule has 1 aliphatic heterocycles. The van der Waals surface area contributed by atoms with Gasteiger partial charge in [-0.1, -0.05) is 68.3 Å². The zero-order valence-electron chi connectivity index (χ0n) is 23.0. The zero-order chi connectivity index (χ0) is 30.3. The smallest absolute Gasteiger partial charge is 0.335 e. The van der Waals surface area contributed by atoms with Crippen LogP contribution in [0.2, 0.25) is 0 Å². The molecule has 4 aromatic carbocycles. The van der Waals surface area contributed by atoms with Gasteiger partial charge in [-0.25, -0.2) is 9.69 Å². The molecule has 1 heterocycles. The Morgan fingerprint density at radius 3 is 2.14 bits per heavy atom. The van der Waals surface area contributed by atoms with Crippen molar-refractivity contribution in [2.75, 3.05) is 11.5 Å². The van der Waals surface area contributed by atoms with Crippen LogP contribution in [0, 0.1) is 0 Å². The number of imide groups is 2. The molecule has 5 rings (SSSR count). The van der Waals surface area contributed by atoms with Crippen LogP contribution < -0.4 is 24.4 Å². The number of amides is 4. The van der Waals surface area contributed by atoms with Gasteiger partial charge in [0.2, 0.25) is 0 Å². The van der Waals surface area contributed by atoms with Crippen molar-refractivity contribution in [1.29, 1.82) is 0 Å². The first-order valence-corrected chi connectivity index (χ1v) is 14.9. The zero-order valence-corrected chi connectivity index (χ0v) is 26.2. The van der Waals surface area contributed by atoms with Crippen LogP contribution in [0.5, 0.6) is 17.2 Å². The van der Waals surface area contributed by atoms with Crippen molar-refractivity contribution in [2.45, 2.75) is 20.1 Å². The van der Waals surface area contributed by atoms with Gasteiger partial charge >= 0.3 is 6.03 Å². The van der Waals surface area contributed by atoms with E-state index in [1.54, 1.807) is 42.5 Å². The summed E-state index contributed by atoms with van der Waals surface area (Å²) in [5.41, 5.74) is 2.48. The molecule has 0 radical (unpaired) electrons. The van der Waals surface area contributed by atoms with Gasteiger partial charge in [-0.3, -0.25) is 14.9 Å². The molecule has 1 aliphatic rings. The number of anilines is 1. The highest BCUT2D eigenvalue weighted by Crippen LogP contribution is 2.32. The predicted molar refractivity (Wildman–Crippen MR) is 170 cm³/mol. The van der Waals surface area contributed by atoms with Crippen molar-refractivity contribution in [3.63, 3.8) is 0 Å². The van der Waals surface area contributed by atoms with Gasteiger partial charge in [0.1, 0.15) is 24.5 Å². The Hall–Kier alpha value is -4.41.